The van der Waals surface area contributed by atoms with Gasteiger partial charge in [-0.25, -0.2) is 4.79 Å². The van der Waals surface area contributed by atoms with Crippen molar-refractivity contribution in [3.05, 3.63) is 56.7 Å². The summed E-state index contributed by atoms with van der Waals surface area (Å²) in [6.45, 7) is 2.21. The van der Waals surface area contributed by atoms with Gasteiger partial charge in [0.2, 0.25) is 0 Å². The van der Waals surface area contributed by atoms with E-state index in [0.717, 1.165) is 10.0 Å². The summed E-state index contributed by atoms with van der Waals surface area (Å²) in [5.74, 6) is 0. The van der Waals surface area contributed by atoms with Gasteiger partial charge in [0, 0.05) is 27.6 Å². The van der Waals surface area contributed by atoms with Gasteiger partial charge < -0.3 is 5.73 Å². The largest absolute Gasteiger partial charge is 0.398 e. The number of anilines is 1. The van der Waals surface area contributed by atoms with E-state index in [4.69, 9.17) is 5.73 Å². The molecule has 2 rings (SSSR count). The second-order valence-electron chi connectivity index (χ2n) is 3.79. The molecule has 0 aliphatic carbocycles. The number of aromatic nitrogens is 2. The Morgan fingerprint density at radius 1 is 1.41 bits per heavy atom. The lowest BCUT2D eigenvalue weighted by Crippen LogP contribution is -2.23. The van der Waals surface area contributed by atoms with Gasteiger partial charge in [-0.3, -0.25) is 4.57 Å². The standard InChI is InChI=1S/C12H12BrN3O/c1-8-5-6-16(12(17)15-8)7-9-10(13)3-2-4-11(9)14/h2-6H,7,14H2,1H3. The van der Waals surface area contributed by atoms with Crippen molar-refractivity contribution in [2.45, 2.75) is 13.5 Å². The van der Waals surface area contributed by atoms with E-state index >= 15 is 0 Å². The number of aryl methyl sites for hydroxylation is 1. The first-order valence-corrected chi connectivity index (χ1v) is 5.94. The third kappa shape index (κ3) is 2.55. The van der Waals surface area contributed by atoms with Crippen LogP contribution in [-0.4, -0.2) is 9.55 Å². The second kappa shape index (κ2) is 4.71. The van der Waals surface area contributed by atoms with Crippen LogP contribution in [0.3, 0.4) is 0 Å². The highest BCUT2D eigenvalue weighted by molar-refractivity contribution is 9.10. The molecule has 88 valence electrons. The Labute approximate surface area is 107 Å². The number of hydrogen-bond acceptors (Lipinski definition) is 3. The summed E-state index contributed by atoms with van der Waals surface area (Å²) in [6.07, 6.45) is 1.73. The topological polar surface area (TPSA) is 60.9 Å². The van der Waals surface area contributed by atoms with E-state index in [1.165, 1.54) is 4.57 Å². The zero-order valence-corrected chi connectivity index (χ0v) is 10.9. The minimum atomic E-state index is -0.264. The first-order chi connectivity index (χ1) is 8.08. The molecule has 0 aliphatic heterocycles. The van der Waals surface area contributed by atoms with Gasteiger partial charge in [0.1, 0.15) is 0 Å². The summed E-state index contributed by atoms with van der Waals surface area (Å²) >= 11 is 3.43. The Morgan fingerprint density at radius 2 is 2.18 bits per heavy atom. The van der Waals surface area contributed by atoms with E-state index in [-0.39, 0.29) is 5.69 Å². The van der Waals surface area contributed by atoms with Crippen molar-refractivity contribution in [3.63, 3.8) is 0 Å². The van der Waals surface area contributed by atoms with Crippen LogP contribution in [0.15, 0.2) is 39.7 Å². The van der Waals surface area contributed by atoms with Gasteiger partial charge in [0.15, 0.2) is 0 Å². The van der Waals surface area contributed by atoms with E-state index in [1.54, 1.807) is 19.2 Å². The lowest BCUT2D eigenvalue weighted by molar-refractivity contribution is 0.720. The molecule has 0 fully saturated rings. The molecule has 0 aliphatic rings. The maximum absolute atomic E-state index is 11.7. The highest BCUT2D eigenvalue weighted by Gasteiger charge is 2.06. The summed E-state index contributed by atoms with van der Waals surface area (Å²) in [4.78, 5) is 15.5. The number of nitrogens with two attached hydrogens (primary N) is 1. The van der Waals surface area contributed by atoms with Crippen molar-refractivity contribution in [1.29, 1.82) is 0 Å². The van der Waals surface area contributed by atoms with Gasteiger partial charge >= 0.3 is 5.69 Å². The van der Waals surface area contributed by atoms with E-state index < -0.39 is 0 Å². The molecular formula is C12H12BrN3O. The molecule has 5 heteroatoms. The first-order valence-electron chi connectivity index (χ1n) is 5.15. The molecule has 2 aromatic rings. The summed E-state index contributed by atoms with van der Waals surface area (Å²) in [6, 6.07) is 7.37. The SMILES string of the molecule is Cc1ccn(Cc2c(N)cccc2Br)c(=O)n1. The zero-order chi connectivity index (χ0) is 12.4. The molecule has 17 heavy (non-hydrogen) atoms. The molecular weight excluding hydrogens is 282 g/mol. The lowest BCUT2D eigenvalue weighted by Gasteiger charge is -2.10. The Morgan fingerprint density at radius 3 is 2.82 bits per heavy atom. The number of rotatable bonds is 2. The third-order valence-corrected chi connectivity index (χ3v) is 3.24. The molecule has 0 spiro atoms. The van der Waals surface area contributed by atoms with E-state index in [9.17, 15) is 4.79 Å². The second-order valence-corrected chi connectivity index (χ2v) is 4.64. The summed E-state index contributed by atoms with van der Waals surface area (Å²) in [5.41, 5.74) is 7.88. The van der Waals surface area contributed by atoms with Gasteiger partial charge in [-0.2, -0.15) is 4.98 Å². The predicted octanol–water partition coefficient (Wildman–Crippen LogP) is 1.94. The number of nitrogens with zero attached hydrogens (tertiary/aromatic N) is 2. The fraction of sp³-hybridized carbons (Fsp3) is 0.167. The van der Waals surface area contributed by atoms with Crippen LogP contribution < -0.4 is 11.4 Å². The van der Waals surface area contributed by atoms with Gasteiger partial charge in [0.05, 0.1) is 6.54 Å². The molecule has 0 bridgehead atoms. The Balaban J connectivity index is 2.42. The number of hydrogen-bond donors (Lipinski definition) is 1. The number of benzene rings is 1. The first kappa shape index (κ1) is 11.9. The van der Waals surface area contributed by atoms with Crippen LogP contribution in [0.4, 0.5) is 5.69 Å². The maximum atomic E-state index is 11.7. The Bertz CT molecular complexity index is 587. The molecule has 4 nitrogen and oxygen atoms in total. The molecule has 1 heterocycles. The normalized spacial score (nSPS) is 10.5. The minimum absolute atomic E-state index is 0.264. The predicted molar refractivity (Wildman–Crippen MR) is 70.9 cm³/mol. The average Bonchev–Trinajstić information content (AvgIpc) is 2.26. The van der Waals surface area contributed by atoms with Crippen molar-refractivity contribution in [1.82, 2.24) is 9.55 Å². The smallest absolute Gasteiger partial charge is 0.348 e. The fourth-order valence-corrected chi connectivity index (χ4v) is 2.05. The maximum Gasteiger partial charge on any atom is 0.348 e. The van der Waals surface area contributed by atoms with Gasteiger partial charge in [0.25, 0.3) is 0 Å². The lowest BCUT2D eigenvalue weighted by atomic mass is 10.2. The Kier molecular flexibility index (Phi) is 3.28. The number of halogens is 1. The van der Waals surface area contributed by atoms with Crippen LogP contribution >= 0.6 is 15.9 Å². The zero-order valence-electron chi connectivity index (χ0n) is 9.35. The van der Waals surface area contributed by atoms with Crippen LogP contribution in [0.25, 0.3) is 0 Å². The fourth-order valence-electron chi connectivity index (χ4n) is 1.55. The van der Waals surface area contributed by atoms with Crippen molar-refractivity contribution in [2.75, 3.05) is 5.73 Å². The van der Waals surface area contributed by atoms with Gasteiger partial charge in [-0.05, 0) is 25.1 Å². The molecule has 0 unspecified atom stereocenters. The van der Waals surface area contributed by atoms with Crippen molar-refractivity contribution >= 4 is 21.6 Å². The monoisotopic (exact) mass is 293 g/mol. The van der Waals surface area contributed by atoms with Crippen LogP contribution in [0.2, 0.25) is 0 Å². The van der Waals surface area contributed by atoms with E-state index in [2.05, 4.69) is 20.9 Å². The average molecular weight is 294 g/mol. The molecule has 0 saturated carbocycles. The van der Waals surface area contributed by atoms with Gasteiger partial charge in [-0.15, -0.1) is 0 Å². The minimum Gasteiger partial charge on any atom is -0.398 e. The summed E-state index contributed by atoms with van der Waals surface area (Å²) in [5, 5.41) is 0. The molecule has 0 atom stereocenters. The molecule has 0 radical (unpaired) electrons. The van der Waals surface area contributed by atoms with Crippen LogP contribution in [-0.2, 0) is 6.54 Å². The summed E-state index contributed by atoms with van der Waals surface area (Å²) in [7, 11) is 0. The van der Waals surface area contributed by atoms with E-state index in [1.807, 2.05) is 18.2 Å². The van der Waals surface area contributed by atoms with Crippen molar-refractivity contribution < 1.29 is 0 Å². The molecule has 2 N–H and O–H groups in total. The van der Waals surface area contributed by atoms with Crippen LogP contribution in [0.5, 0.6) is 0 Å². The Hall–Kier alpha value is -1.62. The molecule has 0 amide bonds. The van der Waals surface area contributed by atoms with Crippen LogP contribution in [0.1, 0.15) is 11.3 Å². The van der Waals surface area contributed by atoms with Crippen LogP contribution in [0, 0.1) is 6.92 Å². The summed E-state index contributed by atoms with van der Waals surface area (Å²) < 4.78 is 2.42. The number of nitrogen functional groups attached to an aromatic ring is 1. The molecule has 0 saturated heterocycles. The molecule has 1 aromatic heterocycles. The quantitative estimate of drug-likeness (QED) is 0.861. The molecule has 1 aromatic carbocycles. The van der Waals surface area contributed by atoms with Gasteiger partial charge in [-0.1, -0.05) is 22.0 Å². The highest BCUT2D eigenvalue weighted by atomic mass is 79.9. The van der Waals surface area contributed by atoms with Crippen molar-refractivity contribution in [3.8, 4) is 0 Å². The third-order valence-electron chi connectivity index (χ3n) is 2.50. The van der Waals surface area contributed by atoms with E-state index in [0.29, 0.717) is 17.9 Å². The highest BCUT2D eigenvalue weighted by Crippen LogP contribution is 2.22. The van der Waals surface area contributed by atoms with Crippen molar-refractivity contribution in [2.24, 2.45) is 0 Å².